The van der Waals surface area contributed by atoms with Crippen LogP contribution in [0.4, 0.5) is 13.2 Å². The molecule has 1 aliphatic rings. The summed E-state index contributed by atoms with van der Waals surface area (Å²) in [5.74, 6) is -1.86. The Hall–Kier alpha value is -1.83. The monoisotopic (exact) mass is 304 g/mol. The number of carboxylic acid groups (broad SMARTS) is 1. The maximum absolute atomic E-state index is 12.6. The number of rotatable bonds is 5. The molecule has 0 spiro atoms. The minimum absolute atomic E-state index is 0.106. The summed E-state index contributed by atoms with van der Waals surface area (Å²) in [6.45, 7) is 2.49. The van der Waals surface area contributed by atoms with Crippen molar-refractivity contribution in [1.82, 2.24) is 9.88 Å². The molecule has 0 atom stereocenters. The lowest BCUT2D eigenvalue weighted by molar-refractivity contribution is -0.141. The fourth-order valence-electron chi connectivity index (χ4n) is 2.15. The van der Waals surface area contributed by atoms with Crippen LogP contribution in [0.2, 0.25) is 0 Å². The summed E-state index contributed by atoms with van der Waals surface area (Å²) in [6, 6.07) is 1.50. The third kappa shape index (κ3) is 4.07. The van der Waals surface area contributed by atoms with E-state index in [0.717, 1.165) is 32.0 Å². The molecule has 0 aliphatic carbocycles. The van der Waals surface area contributed by atoms with E-state index in [0.29, 0.717) is 12.6 Å². The fourth-order valence-corrected chi connectivity index (χ4v) is 2.15. The highest BCUT2D eigenvalue weighted by atomic mass is 19.4. The lowest BCUT2D eigenvalue weighted by Gasteiger charge is -2.16. The zero-order chi connectivity index (χ0) is 15.5. The highest BCUT2D eigenvalue weighted by Gasteiger charge is 2.34. The van der Waals surface area contributed by atoms with Crippen molar-refractivity contribution < 1.29 is 27.8 Å². The van der Waals surface area contributed by atoms with Gasteiger partial charge in [-0.25, -0.2) is 9.78 Å². The SMILES string of the molecule is O=C(O)c1ccc(C(F)(F)F)nc1OCCN1CCCC1. The number of carbonyl (C=O) groups is 1. The van der Waals surface area contributed by atoms with E-state index >= 15 is 0 Å². The molecule has 1 saturated heterocycles. The number of aromatic carboxylic acids is 1. The van der Waals surface area contributed by atoms with Crippen LogP contribution in [0.1, 0.15) is 28.9 Å². The number of aromatic nitrogens is 1. The fraction of sp³-hybridized carbons (Fsp3) is 0.538. The zero-order valence-electron chi connectivity index (χ0n) is 11.2. The van der Waals surface area contributed by atoms with Gasteiger partial charge in [0.05, 0.1) is 0 Å². The van der Waals surface area contributed by atoms with E-state index in [4.69, 9.17) is 9.84 Å². The molecule has 2 rings (SSSR count). The lowest BCUT2D eigenvalue weighted by atomic mass is 10.2. The van der Waals surface area contributed by atoms with Crippen LogP contribution in [0.5, 0.6) is 5.88 Å². The molecule has 0 saturated carbocycles. The van der Waals surface area contributed by atoms with Gasteiger partial charge in [-0.1, -0.05) is 0 Å². The molecular weight excluding hydrogens is 289 g/mol. The number of hydrogen-bond donors (Lipinski definition) is 1. The number of pyridine rings is 1. The van der Waals surface area contributed by atoms with Gasteiger partial charge in [0, 0.05) is 6.54 Å². The molecule has 1 aliphatic heterocycles. The van der Waals surface area contributed by atoms with Gasteiger partial charge < -0.3 is 9.84 Å². The summed E-state index contributed by atoms with van der Waals surface area (Å²) in [5, 5.41) is 8.96. The van der Waals surface area contributed by atoms with Crippen molar-refractivity contribution in [3.63, 3.8) is 0 Å². The lowest BCUT2D eigenvalue weighted by Crippen LogP contribution is -2.25. The molecule has 0 unspecified atom stereocenters. The molecule has 21 heavy (non-hydrogen) atoms. The van der Waals surface area contributed by atoms with Gasteiger partial charge >= 0.3 is 12.1 Å². The molecule has 1 aromatic heterocycles. The van der Waals surface area contributed by atoms with E-state index in [1.165, 1.54) is 0 Å². The minimum atomic E-state index is -4.63. The van der Waals surface area contributed by atoms with Crippen LogP contribution in [0, 0.1) is 0 Å². The van der Waals surface area contributed by atoms with Crippen LogP contribution in [-0.2, 0) is 6.18 Å². The van der Waals surface area contributed by atoms with Gasteiger partial charge in [0.25, 0.3) is 0 Å². The number of alkyl halides is 3. The van der Waals surface area contributed by atoms with Crippen molar-refractivity contribution >= 4 is 5.97 Å². The first-order chi connectivity index (χ1) is 9.88. The standard InChI is InChI=1S/C13H15F3N2O3/c14-13(15,16)10-4-3-9(12(19)20)11(17-10)21-8-7-18-5-1-2-6-18/h3-4H,1-2,5-8H2,(H,19,20). The van der Waals surface area contributed by atoms with Gasteiger partial charge in [-0.2, -0.15) is 13.2 Å². The Morgan fingerprint density at radius 2 is 2.00 bits per heavy atom. The molecule has 1 aromatic rings. The predicted octanol–water partition coefficient (Wildman–Crippen LogP) is 2.27. The number of nitrogens with zero attached hydrogens (tertiary/aromatic N) is 2. The zero-order valence-corrected chi connectivity index (χ0v) is 11.2. The van der Waals surface area contributed by atoms with Gasteiger partial charge in [-0.3, -0.25) is 4.90 Å². The largest absolute Gasteiger partial charge is 0.477 e. The van der Waals surface area contributed by atoms with E-state index in [9.17, 15) is 18.0 Å². The highest BCUT2D eigenvalue weighted by molar-refractivity contribution is 5.90. The molecule has 1 N–H and O–H groups in total. The number of likely N-dealkylation sites (tertiary alicyclic amines) is 1. The quantitative estimate of drug-likeness (QED) is 0.904. The Morgan fingerprint density at radius 1 is 1.33 bits per heavy atom. The van der Waals surface area contributed by atoms with Gasteiger partial charge in [0.2, 0.25) is 5.88 Å². The average molecular weight is 304 g/mol. The molecule has 5 nitrogen and oxygen atoms in total. The molecule has 0 aromatic carbocycles. The maximum atomic E-state index is 12.6. The number of ether oxygens (including phenoxy) is 1. The van der Waals surface area contributed by atoms with E-state index in [-0.39, 0.29) is 12.2 Å². The van der Waals surface area contributed by atoms with E-state index < -0.39 is 23.7 Å². The van der Waals surface area contributed by atoms with Crippen LogP contribution in [0.3, 0.4) is 0 Å². The number of halogens is 3. The third-order valence-electron chi connectivity index (χ3n) is 3.23. The average Bonchev–Trinajstić information content (AvgIpc) is 2.90. The number of carboxylic acids is 1. The van der Waals surface area contributed by atoms with Crippen molar-refractivity contribution in [3.8, 4) is 5.88 Å². The number of hydrogen-bond acceptors (Lipinski definition) is 4. The molecule has 1 fully saturated rings. The second-order valence-corrected chi connectivity index (χ2v) is 4.75. The normalized spacial score (nSPS) is 16.1. The second kappa shape index (κ2) is 6.30. The summed E-state index contributed by atoms with van der Waals surface area (Å²) in [7, 11) is 0. The first kappa shape index (κ1) is 15.6. The van der Waals surface area contributed by atoms with Crippen LogP contribution < -0.4 is 4.74 Å². The van der Waals surface area contributed by atoms with Gasteiger partial charge in [0.15, 0.2) is 0 Å². The van der Waals surface area contributed by atoms with Crippen LogP contribution in [0.25, 0.3) is 0 Å². The molecule has 8 heteroatoms. The molecule has 0 bridgehead atoms. The summed E-state index contributed by atoms with van der Waals surface area (Å²) in [5.41, 5.74) is -1.53. The third-order valence-corrected chi connectivity index (χ3v) is 3.23. The van der Waals surface area contributed by atoms with E-state index in [2.05, 4.69) is 9.88 Å². The molecule has 2 heterocycles. The smallest absolute Gasteiger partial charge is 0.433 e. The van der Waals surface area contributed by atoms with Crippen molar-refractivity contribution in [1.29, 1.82) is 0 Å². The van der Waals surface area contributed by atoms with Crippen molar-refractivity contribution in [2.45, 2.75) is 19.0 Å². The summed E-state index contributed by atoms with van der Waals surface area (Å²) >= 11 is 0. The predicted molar refractivity (Wildman–Crippen MR) is 67.4 cm³/mol. The Kier molecular flexibility index (Phi) is 4.66. The van der Waals surface area contributed by atoms with Crippen molar-refractivity contribution in [3.05, 3.63) is 23.4 Å². The summed E-state index contributed by atoms with van der Waals surface area (Å²) < 4.78 is 42.9. The Morgan fingerprint density at radius 3 is 2.57 bits per heavy atom. The van der Waals surface area contributed by atoms with Gasteiger partial charge in [-0.05, 0) is 38.1 Å². The van der Waals surface area contributed by atoms with Crippen LogP contribution >= 0.6 is 0 Å². The molecular formula is C13H15F3N2O3. The maximum Gasteiger partial charge on any atom is 0.433 e. The van der Waals surface area contributed by atoms with E-state index in [1.54, 1.807) is 0 Å². The molecule has 0 amide bonds. The second-order valence-electron chi connectivity index (χ2n) is 4.75. The van der Waals surface area contributed by atoms with Crippen LogP contribution in [0.15, 0.2) is 12.1 Å². The van der Waals surface area contributed by atoms with Crippen molar-refractivity contribution in [2.75, 3.05) is 26.2 Å². The Labute approximate surface area is 119 Å². The minimum Gasteiger partial charge on any atom is -0.477 e. The molecule has 0 radical (unpaired) electrons. The Balaban J connectivity index is 2.08. The summed E-state index contributed by atoms with van der Waals surface area (Å²) in [6.07, 6.45) is -2.46. The summed E-state index contributed by atoms with van der Waals surface area (Å²) in [4.78, 5) is 16.4. The van der Waals surface area contributed by atoms with Gasteiger partial charge in [0.1, 0.15) is 17.9 Å². The van der Waals surface area contributed by atoms with Gasteiger partial charge in [-0.15, -0.1) is 0 Å². The highest BCUT2D eigenvalue weighted by Crippen LogP contribution is 2.30. The molecule has 116 valence electrons. The van der Waals surface area contributed by atoms with E-state index in [1.807, 2.05) is 0 Å². The first-order valence-electron chi connectivity index (χ1n) is 6.54. The topological polar surface area (TPSA) is 62.7 Å². The van der Waals surface area contributed by atoms with Crippen LogP contribution in [-0.4, -0.2) is 47.2 Å². The Bertz CT molecular complexity index is 514. The first-order valence-corrected chi connectivity index (χ1v) is 6.54. The van der Waals surface area contributed by atoms with Crippen molar-refractivity contribution in [2.24, 2.45) is 0 Å².